The molecule has 1 unspecified atom stereocenters. The van der Waals surface area contributed by atoms with Crippen molar-refractivity contribution in [2.75, 3.05) is 0 Å². The monoisotopic (exact) mass is 298 g/mol. The van der Waals surface area contributed by atoms with Crippen LogP contribution in [0.15, 0.2) is 0 Å². The number of hydrogen-bond donors (Lipinski definition) is 0. The van der Waals surface area contributed by atoms with Gasteiger partial charge in [-0.3, -0.25) is 9.59 Å². The third-order valence-corrected chi connectivity index (χ3v) is 2.46. The number of alkyl halides is 1. The van der Waals surface area contributed by atoms with Gasteiger partial charge in [0, 0.05) is 12.3 Å². The Morgan fingerprint density at radius 3 is 2.08 bits per heavy atom. The van der Waals surface area contributed by atoms with Crippen LogP contribution in [-0.4, -0.2) is 14.8 Å². The molecule has 0 fully saturated rings. The first-order valence-corrected chi connectivity index (χ1v) is 5.27. The van der Waals surface area contributed by atoms with Crippen molar-refractivity contribution >= 4 is 42.3 Å². The van der Waals surface area contributed by atoms with E-state index in [4.69, 9.17) is 0 Å². The Bertz CT molecular complexity index is 197. The topological polar surface area (TPSA) is 34.1 Å². The smallest absolute Gasteiger partial charge is 0.199 e. The van der Waals surface area contributed by atoms with Crippen molar-refractivity contribution in [1.82, 2.24) is 0 Å². The summed E-state index contributed by atoms with van der Waals surface area (Å²) >= 11 is 6.05. The lowest BCUT2D eigenvalue weighted by molar-refractivity contribution is -0.125. The summed E-state index contributed by atoms with van der Waals surface area (Å²) in [5.41, 5.74) is 0. The Morgan fingerprint density at radius 2 is 1.83 bits per heavy atom. The Labute approximate surface area is 89.4 Å². The highest BCUT2D eigenvalue weighted by Crippen LogP contribution is 2.27. The summed E-state index contributed by atoms with van der Waals surface area (Å²) in [4.78, 5) is 22.2. The van der Waals surface area contributed by atoms with E-state index in [1.807, 2.05) is 13.8 Å². The fraction of sp³-hybridized carbons (Fsp3) is 0.750. The van der Waals surface area contributed by atoms with Crippen molar-refractivity contribution in [3.8, 4) is 0 Å². The Morgan fingerprint density at radius 1 is 1.42 bits per heavy atom. The summed E-state index contributed by atoms with van der Waals surface area (Å²) in [6, 6.07) is 0. The number of carbonyl (C=O) groups is 2. The van der Waals surface area contributed by atoms with Gasteiger partial charge >= 0.3 is 0 Å². The summed E-state index contributed by atoms with van der Waals surface area (Å²) in [5, 5.41) is 0. The molecular weight excluding hydrogens is 288 g/mol. The zero-order valence-electron chi connectivity index (χ0n) is 7.36. The predicted octanol–water partition coefficient (Wildman–Crippen LogP) is 2.68. The molecule has 0 rings (SSSR count). The van der Waals surface area contributed by atoms with Gasteiger partial charge < -0.3 is 0 Å². The van der Waals surface area contributed by atoms with Gasteiger partial charge in [-0.15, -0.1) is 0 Å². The number of rotatable bonds is 4. The van der Waals surface area contributed by atoms with Gasteiger partial charge in [0.25, 0.3) is 0 Å². The van der Waals surface area contributed by atoms with Crippen molar-refractivity contribution < 1.29 is 9.59 Å². The second-order valence-corrected chi connectivity index (χ2v) is 5.88. The van der Waals surface area contributed by atoms with Crippen LogP contribution in [0.1, 0.15) is 27.2 Å². The number of hydrogen-bond acceptors (Lipinski definition) is 2. The van der Waals surface area contributed by atoms with E-state index < -0.39 is 4.32 Å². The molecule has 12 heavy (non-hydrogen) atoms. The lowest BCUT2D eigenvalue weighted by atomic mass is 9.94. The van der Waals surface area contributed by atoms with E-state index in [1.54, 1.807) is 6.92 Å². The molecule has 0 aromatic rings. The molecule has 0 aromatic heterocycles. The van der Waals surface area contributed by atoms with Gasteiger partial charge in [-0.05, 0) is 22.9 Å². The highest BCUT2D eigenvalue weighted by atomic mass is 79.9. The number of carbonyl (C=O) groups excluding carboxylic acids is 2. The van der Waals surface area contributed by atoms with Gasteiger partial charge in [0.1, 0.15) is 0 Å². The maximum absolute atomic E-state index is 11.5. The second-order valence-electron chi connectivity index (χ2n) is 3.25. The molecular formula is C8H12Br2O2. The Kier molecular flexibility index (Phi) is 4.62. The number of ketones is 1. The van der Waals surface area contributed by atoms with E-state index in [-0.39, 0.29) is 22.8 Å². The standard InChI is InChI=1S/C8H12Br2O2/c1-5(2)7(12)8(3,10)4-6(9)11/h5H,4H2,1-3H3. The van der Waals surface area contributed by atoms with Crippen LogP contribution < -0.4 is 0 Å². The van der Waals surface area contributed by atoms with Gasteiger partial charge in [-0.2, -0.15) is 0 Å². The maximum atomic E-state index is 11.5. The first kappa shape index (κ1) is 12.3. The molecule has 0 spiro atoms. The minimum absolute atomic E-state index is 0.0512. The average Bonchev–Trinajstić information content (AvgIpc) is 1.82. The molecule has 2 nitrogen and oxygen atoms in total. The summed E-state index contributed by atoms with van der Waals surface area (Å²) in [5.74, 6) is -0.00322. The van der Waals surface area contributed by atoms with Crippen molar-refractivity contribution in [3.63, 3.8) is 0 Å². The van der Waals surface area contributed by atoms with Gasteiger partial charge in [-0.1, -0.05) is 29.8 Å². The van der Waals surface area contributed by atoms with Gasteiger partial charge in [0.2, 0.25) is 0 Å². The van der Waals surface area contributed by atoms with Crippen LogP contribution in [0.2, 0.25) is 0 Å². The molecule has 0 saturated heterocycles. The normalized spacial score (nSPS) is 15.8. The molecule has 0 amide bonds. The molecule has 0 N–H and O–H groups in total. The van der Waals surface area contributed by atoms with E-state index >= 15 is 0 Å². The van der Waals surface area contributed by atoms with E-state index in [9.17, 15) is 9.59 Å². The molecule has 0 aromatic carbocycles. The Hall–Kier alpha value is 0.300. The van der Waals surface area contributed by atoms with Gasteiger partial charge in [0.05, 0.1) is 4.32 Å². The van der Waals surface area contributed by atoms with Crippen LogP contribution >= 0.6 is 31.9 Å². The first-order valence-electron chi connectivity index (χ1n) is 3.69. The molecule has 0 heterocycles. The lowest BCUT2D eigenvalue weighted by Gasteiger charge is -2.20. The van der Waals surface area contributed by atoms with E-state index in [0.717, 1.165) is 0 Å². The largest absolute Gasteiger partial charge is 0.298 e. The summed E-state index contributed by atoms with van der Waals surface area (Å²) in [6.07, 6.45) is 0.185. The van der Waals surface area contributed by atoms with Crippen molar-refractivity contribution in [3.05, 3.63) is 0 Å². The van der Waals surface area contributed by atoms with E-state index in [0.29, 0.717) is 0 Å². The fourth-order valence-electron chi connectivity index (χ4n) is 0.950. The molecule has 4 heteroatoms. The zero-order valence-corrected chi connectivity index (χ0v) is 10.5. The van der Waals surface area contributed by atoms with Gasteiger partial charge in [-0.25, -0.2) is 0 Å². The quantitative estimate of drug-likeness (QED) is 0.591. The van der Waals surface area contributed by atoms with Crippen LogP contribution in [0.25, 0.3) is 0 Å². The molecule has 0 aliphatic rings. The van der Waals surface area contributed by atoms with Crippen LogP contribution in [0.5, 0.6) is 0 Å². The zero-order chi connectivity index (χ0) is 9.94. The minimum atomic E-state index is -0.720. The lowest BCUT2D eigenvalue weighted by Crippen LogP contribution is -2.33. The van der Waals surface area contributed by atoms with Crippen LogP contribution in [0.4, 0.5) is 0 Å². The molecule has 0 bridgehead atoms. The molecule has 0 radical (unpaired) electrons. The third kappa shape index (κ3) is 3.81. The van der Waals surface area contributed by atoms with Crippen molar-refractivity contribution in [1.29, 1.82) is 0 Å². The molecule has 0 aliphatic carbocycles. The van der Waals surface area contributed by atoms with E-state index in [2.05, 4.69) is 31.9 Å². The average molecular weight is 300 g/mol. The van der Waals surface area contributed by atoms with Crippen molar-refractivity contribution in [2.45, 2.75) is 31.5 Å². The molecule has 1 atom stereocenters. The van der Waals surface area contributed by atoms with Gasteiger partial charge in [0.15, 0.2) is 10.5 Å². The maximum Gasteiger partial charge on any atom is 0.199 e. The van der Waals surface area contributed by atoms with Crippen LogP contribution in [-0.2, 0) is 9.59 Å². The summed E-state index contributed by atoms with van der Waals surface area (Å²) < 4.78 is -0.877. The molecule has 0 aliphatic heterocycles. The van der Waals surface area contributed by atoms with Crippen molar-refractivity contribution in [2.24, 2.45) is 5.92 Å². The van der Waals surface area contributed by atoms with E-state index in [1.165, 1.54) is 0 Å². The first-order chi connectivity index (χ1) is 5.27. The summed E-state index contributed by atoms with van der Waals surface area (Å²) in [6.45, 7) is 5.36. The van der Waals surface area contributed by atoms with Crippen LogP contribution in [0, 0.1) is 5.92 Å². The fourth-order valence-corrected chi connectivity index (χ4v) is 2.60. The van der Waals surface area contributed by atoms with Crippen LogP contribution in [0.3, 0.4) is 0 Å². The Balaban J connectivity index is 4.39. The highest BCUT2D eigenvalue weighted by molar-refractivity contribution is 9.18. The number of halogens is 2. The summed E-state index contributed by atoms with van der Waals surface area (Å²) in [7, 11) is 0. The molecule has 70 valence electrons. The molecule has 0 saturated carbocycles. The minimum Gasteiger partial charge on any atom is -0.298 e. The third-order valence-electron chi connectivity index (χ3n) is 1.51. The SMILES string of the molecule is CC(C)C(=O)C(C)(Br)CC(=O)Br. The number of Topliss-reactive ketones (excluding diaryl/α,β-unsaturated/α-hetero) is 1. The second kappa shape index (κ2) is 4.51. The predicted molar refractivity (Wildman–Crippen MR) is 55.7 cm³/mol. The highest BCUT2D eigenvalue weighted by Gasteiger charge is 2.33.